The molecule has 0 aliphatic rings. The molecule has 90 valence electrons. The summed E-state index contributed by atoms with van der Waals surface area (Å²) in [4.78, 5) is 8.59. The summed E-state index contributed by atoms with van der Waals surface area (Å²) in [5, 5.41) is 0.729. The summed E-state index contributed by atoms with van der Waals surface area (Å²) in [6, 6.07) is 9.20. The number of nitrogen functional groups attached to an aromatic ring is 1. The van der Waals surface area contributed by atoms with Gasteiger partial charge in [0.25, 0.3) is 0 Å². The summed E-state index contributed by atoms with van der Waals surface area (Å²) in [6.45, 7) is 0. The van der Waals surface area contributed by atoms with Crippen molar-refractivity contribution in [3.8, 4) is 17.1 Å². The number of hydrogen-bond acceptors (Lipinski definition) is 5. The van der Waals surface area contributed by atoms with Crippen LogP contribution in [0.5, 0.6) is 5.75 Å². The Balaban J connectivity index is 2.12. The third kappa shape index (κ3) is 1.66. The summed E-state index contributed by atoms with van der Waals surface area (Å²) in [5.41, 5.74) is 7.21. The summed E-state index contributed by atoms with van der Waals surface area (Å²) < 4.78 is 10.4. The first kappa shape index (κ1) is 10.6. The minimum Gasteiger partial charge on any atom is -0.497 e. The van der Waals surface area contributed by atoms with E-state index in [0.717, 1.165) is 16.7 Å². The molecule has 0 atom stereocenters. The number of fused-ring (bicyclic) bond motifs is 1. The molecule has 0 aliphatic heterocycles. The van der Waals surface area contributed by atoms with Crippen molar-refractivity contribution in [2.24, 2.45) is 0 Å². The van der Waals surface area contributed by atoms with Crippen molar-refractivity contribution in [2.45, 2.75) is 0 Å². The second kappa shape index (κ2) is 4.03. The molecule has 0 saturated carbocycles. The first-order chi connectivity index (χ1) is 8.78. The first-order valence-corrected chi connectivity index (χ1v) is 5.43. The molecule has 0 aliphatic carbocycles. The van der Waals surface area contributed by atoms with Crippen molar-refractivity contribution < 1.29 is 9.15 Å². The zero-order valence-corrected chi connectivity index (χ0v) is 9.75. The quantitative estimate of drug-likeness (QED) is 0.746. The second-order valence-electron chi connectivity index (χ2n) is 3.80. The average molecular weight is 241 g/mol. The van der Waals surface area contributed by atoms with E-state index >= 15 is 0 Å². The molecule has 1 aromatic carbocycles. The van der Waals surface area contributed by atoms with Gasteiger partial charge in [0, 0.05) is 5.56 Å². The molecule has 18 heavy (non-hydrogen) atoms. The van der Waals surface area contributed by atoms with E-state index in [2.05, 4.69) is 9.97 Å². The molecule has 0 unspecified atom stereocenters. The number of nitrogens with two attached hydrogens (primary N) is 1. The largest absolute Gasteiger partial charge is 0.497 e. The second-order valence-corrected chi connectivity index (χ2v) is 3.80. The van der Waals surface area contributed by atoms with Crippen LogP contribution in [0.4, 0.5) is 5.82 Å². The fourth-order valence-corrected chi connectivity index (χ4v) is 1.75. The van der Waals surface area contributed by atoms with Crippen LogP contribution in [0, 0.1) is 0 Å². The molecular formula is C13H11N3O2. The number of benzene rings is 1. The zero-order chi connectivity index (χ0) is 12.5. The van der Waals surface area contributed by atoms with E-state index in [1.165, 1.54) is 0 Å². The van der Waals surface area contributed by atoms with E-state index in [1.807, 2.05) is 24.3 Å². The van der Waals surface area contributed by atoms with Gasteiger partial charge in [0.1, 0.15) is 11.6 Å². The van der Waals surface area contributed by atoms with Crippen molar-refractivity contribution in [2.75, 3.05) is 12.8 Å². The van der Waals surface area contributed by atoms with Gasteiger partial charge in [0.05, 0.1) is 18.8 Å². The van der Waals surface area contributed by atoms with Crippen LogP contribution in [0.25, 0.3) is 22.5 Å². The topological polar surface area (TPSA) is 74.2 Å². The van der Waals surface area contributed by atoms with Crippen LogP contribution < -0.4 is 10.5 Å². The van der Waals surface area contributed by atoms with Gasteiger partial charge in [0.2, 0.25) is 5.71 Å². The van der Waals surface area contributed by atoms with Gasteiger partial charge in [-0.15, -0.1) is 0 Å². The number of aromatic nitrogens is 2. The molecule has 2 heterocycles. The maximum atomic E-state index is 5.86. The van der Waals surface area contributed by atoms with Crippen molar-refractivity contribution in [1.29, 1.82) is 0 Å². The van der Waals surface area contributed by atoms with Crippen molar-refractivity contribution >= 4 is 16.9 Å². The highest BCUT2D eigenvalue weighted by atomic mass is 16.5. The van der Waals surface area contributed by atoms with Gasteiger partial charge < -0.3 is 14.9 Å². The Bertz CT molecular complexity index is 689. The Morgan fingerprint density at radius 3 is 2.61 bits per heavy atom. The predicted molar refractivity (Wildman–Crippen MR) is 68.2 cm³/mol. The summed E-state index contributed by atoms with van der Waals surface area (Å²) in [6.07, 6.45) is 1.55. The fourth-order valence-electron chi connectivity index (χ4n) is 1.75. The number of hydrogen-bond donors (Lipinski definition) is 1. The Hall–Kier alpha value is -2.56. The Morgan fingerprint density at radius 1 is 1.11 bits per heavy atom. The third-order valence-corrected chi connectivity index (χ3v) is 2.70. The van der Waals surface area contributed by atoms with Gasteiger partial charge in [-0.05, 0) is 30.3 Å². The lowest BCUT2D eigenvalue weighted by Crippen LogP contribution is -1.96. The van der Waals surface area contributed by atoms with Crippen LogP contribution in [0.2, 0.25) is 0 Å². The number of furan rings is 1. The molecule has 3 rings (SSSR count). The van der Waals surface area contributed by atoms with Crippen molar-refractivity contribution in [3.05, 3.63) is 36.6 Å². The SMILES string of the molecule is COc1ccc(-c2nc(N)c3ccoc3n2)cc1. The average Bonchev–Trinajstić information content (AvgIpc) is 2.88. The molecule has 5 heteroatoms. The number of rotatable bonds is 2. The highest BCUT2D eigenvalue weighted by Gasteiger charge is 2.09. The van der Waals surface area contributed by atoms with E-state index in [-0.39, 0.29) is 0 Å². The molecule has 2 aromatic heterocycles. The highest BCUT2D eigenvalue weighted by Crippen LogP contribution is 2.24. The molecule has 0 bridgehead atoms. The maximum Gasteiger partial charge on any atom is 0.231 e. The third-order valence-electron chi connectivity index (χ3n) is 2.70. The minimum atomic E-state index is 0.416. The summed E-state index contributed by atoms with van der Waals surface area (Å²) in [5.74, 6) is 1.74. The molecular weight excluding hydrogens is 230 g/mol. The van der Waals surface area contributed by atoms with Crippen molar-refractivity contribution in [3.63, 3.8) is 0 Å². The Kier molecular flexibility index (Phi) is 2.37. The smallest absolute Gasteiger partial charge is 0.231 e. The lowest BCUT2D eigenvalue weighted by molar-refractivity contribution is 0.415. The first-order valence-electron chi connectivity index (χ1n) is 5.43. The molecule has 0 fully saturated rings. The van der Waals surface area contributed by atoms with Gasteiger partial charge in [-0.1, -0.05) is 0 Å². The van der Waals surface area contributed by atoms with Gasteiger partial charge in [0.15, 0.2) is 5.82 Å². The molecule has 3 aromatic rings. The number of ether oxygens (including phenoxy) is 1. The number of anilines is 1. The normalized spacial score (nSPS) is 10.7. The van der Waals surface area contributed by atoms with Crippen LogP contribution in [-0.4, -0.2) is 17.1 Å². The van der Waals surface area contributed by atoms with E-state index in [0.29, 0.717) is 17.4 Å². The molecule has 0 radical (unpaired) electrons. The van der Waals surface area contributed by atoms with E-state index < -0.39 is 0 Å². The van der Waals surface area contributed by atoms with Gasteiger partial charge in [-0.3, -0.25) is 0 Å². The van der Waals surface area contributed by atoms with E-state index in [4.69, 9.17) is 14.9 Å². The van der Waals surface area contributed by atoms with E-state index in [1.54, 1.807) is 19.4 Å². The van der Waals surface area contributed by atoms with Gasteiger partial charge in [-0.25, -0.2) is 4.98 Å². The highest BCUT2D eigenvalue weighted by molar-refractivity contribution is 5.85. The molecule has 0 amide bonds. The summed E-state index contributed by atoms with van der Waals surface area (Å²) in [7, 11) is 1.62. The van der Waals surface area contributed by atoms with Crippen LogP contribution in [0.1, 0.15) is 0 Å². The van der Waals surface area contributed by atoms with Gasteiger partial charge >= 0.3 is 0 Å². The Morgan fingerprint density at radius 2 is 1.89 bits per heavy atom. The minimum absolute atomic E-state index is 0.416. The molecule has 5 nitrogen and oxygen atoms in total. The zero-order valence-electron chi connectivity index (χ0n) is 9.75. The number of methoxy groups -OCH3 is 1. The summed E-state index contributed by atoms with van der Waals surface area (Å²) >= 11 is 0. The molecule has 0 saturated heterocycles. The van der Waals surface area contributed by atoms with Crippen LogP contribution in [0.15, 0.2) is 41.0 Å². The predicted octanol–water partition coefficient (Wildman–Crippen LogP) is 2.48. The fraction of sp³-hybridized carbons (Fsp3) is 0.0769. The Labute approximate surface area is 103 Å². The van der Waals surface area contributed by atoms with Crippen molar-refractivity contribution in [1.82, 2.24) is 9.97 Å². The number of nitrogens with zero attached hydrogens (tertiary/aromatic N) is 2. The lowest BCUT2D eigenvalue weighted by atomic mass is 10.2. The van der Waals surface area contributed by atoms with E-state index in [9.17, 15) is 0 Å². The standard InChI is InChI=1S/C13H11N3O2/c1-17-9-4-2-8(3-5-9)12-15-11(14)10-6-7-18-13(10)16-12/h2-7H,1H3,(H2,14,15,16). The molecule has 2 N–H and O–H groups in total. The molecule has 0 spiro atoms. The lowest BCUT2D eigenvalue weighted by Gasteiger charge is -2.03. The monoisotopic (exact) mass is 241 g/mol. The van der Waals surface area contributed by atoms with Crippen LogP contribution in [-0.2, 0) is 0 Å². The maximum absolute atomic E-state index is 5.86. The van der Waals surface area contributed by atoms with Gasteiger partial charge in [-0.2, -0.15) is 4.98 Å². The van der Waals surface area contributed by atoms with Crippen LogP contribution >= 0.6 is 0 Å². The van der Waals surface area contributed by atoms with Crippen LogP contribution in [0.3, 0.4) is 0 Å².